The van der Waals surface area contributed by atoms with Gasteiger partial charge in [-0.2, -0.15) is 4.31 Å². The quantitative estimate of drug-likeness (QED) is 0.882. The van der Waals surface area contributed by atoms with Crippen LogP contribution < -0.4 is 5.32 Å². The van der Waals surface area contributed by atoms with Gasteiger partial charge < -0.3 is 5.32 Å². The van der Waals surface area contributed by atoms with Crippen LogP contribution >= 0.6 is 0 Å². The van der Waals surface area contributed by atoms with Gasteiger partial charge in [-0.15, -0.1) is 0 Å². The molecule has 110 valence electrons. The van der Waals surface area contributed by atoms with E-state index in [1.165, 1.54) is 4.31 Å². The number of rotatable bonds is 6. The van der Waals surface area contributed by atoms with E-state index < -0.39 is 10.0 Å². The van der Waals surface area contributed by atoms with Gasteiger partial charge in [-0.25, -0.2) is 13.4 Å². The molecule has 0 saturated carbocycles. The smallest absolute Gasteiger partial charge is 0.262 e. The summed E-state index contributed by atoms with van der Waals surface area (Å²) in [4.78, 5) is 4.32. The predicted molar refractivity (Wildman–Crippen MR) is 79.5 cm³/mol. The van der Waals surface area contributed by atoms with Crippen molar-refractivity contribution < 1.29 is 8.42 Å². The van der Waals surface area contributed by atoms with Gasteiger partial charge >= 0.3 is 0 Å². The summed E-state index contributed by atoms with van der Waals surface area (Å²) in [5, 5.41) is 3.07. The van der Waals surface area contributed by atoms with Crippen LogP contribution in [0.2, 0.25) is 0 Å². The second-order valence-electron chi connectivity index (χ2n) is 4.44. The van der Waals surface area contributed by atoms with Crippen LogP contribution in [0.5, 0.6) is 0 Å². The number of hydrogen-bond acceptors (Lipinski definition) is 4. The standard InChI is InChI=1S/C13H20N4O2S/c1-4-9-16(5-2)20(18,19)13-12(14-3)15-11-8-6-7-10-17(11)13/h6-8,10,14H,4-5,9H2,1-3H3. The Bertz CT molecular complexity index is 693. The van der Waals surface area contributed by atoms with E-state index in [2.05, 4.69) is 10.3 Å². The lowest BCUT2D eigenvalue weighted by atomic mass is 10.5. The van der Waals surface area contributed by atoms with E-state index in [0.717, 1.165) is 6.42 Å². The molecule has 0 radical (unpaired) electrons. The van der Waals surface area contributed by atoms with Crippen LogP contribution in [-0.2, 0) is 10.0 Å². The second-order valence-corrected chi connectivity index (χ2v) is 6.29. The second kappa shape index (κ2) is 5.80. The highest BCUT2D eigenvalue weighted by Gasteiger charge is 2.29. The minimum absolute atomic E-state index is 0.200. The Labute approximate surface area is 119 Å². The zero-order chi connectivity index (χ0) is 14.8. The lowest BCUT2D eigenvalue weighted by molar-refractivity contribution is 0.424. The lowest BCUT2D eigenvalue weighted by Gasteiger charge is -2.19. The predicted octanol–water partition coefficient (Wildman–Crippen LogP) is 1.80. The number of nitrogens with zero attached hydrogens (tertiary/aromatic N) is 3. The van der Waals surface area contributed by atoms with E-state index >= 15 is 0 Å². The van der Waals surface area contributed by atoms with Crippen molar-refractivity contribution >= 4 is 21.5 Å². The maximum Gasteiger partial charge on any atom is 0.262 e. The van der Waals surface area contributed by atoms with E-state index in [9.17, 15) is 8.42 Å². The monoisotopic (exact) mass is 296 g/mol. The molecular formula is C13H20N4O2S. The SMILES string of the molecule is CCCN(CC)S(=O)(=O)c1c(NC)nc2ccccn12. The molecule has 1 N–H and O–H groups in total. The Balaban J connectivity index is 2.66. The minimum atomic E-state index is -3.57. The third-order valence-electron chi connectivity index (χ3n) is 3.13. The largest absolute Gasteiger partial charge is 0.371 e. The van der Waals surface area contributed by atoms with Crippen molar-refractivity contribution in [3.63, 3.8) is 0 Å². The number of imidazole rings is 1. The Hall–Kier alpha value is -1.60. The number of fused-ring (bicyclic) bond motifs is 1. The van der Waals surface area contributed by atoms with Crippen LogP contribution in [0.4, 0.5) is 5.82 Å². The first kappa shape index (κ1) is 14.8. The van der Waals surface area contributed by atoms with E-state index in [-0.39, 0.29) is 5.03 Å². The van der Waals surface area contributed by atoms with Crippen molar-refractivity contribution in [2.24, 2.45) is 0 Å². The molecule has 0 amide bonds. The first-order valence-electron chi connectivity index (χ1n) is 6.71. The zero-order valence-corrected chi connectivity index (χ0v) is 12.8. The third kappa shape index (κ3) is 2.38. The number of nitrogens with one attached hydrogen (secondary N) is 1. The van der Waals surface area contributed by atoms with Gasteiger partial charge in [0, 0.05) is 26.3 Å². The summed E-state index contributed by atoms with van der Waals surface area (Å²) in [6.07, 6.45) is 2.49. The van der Waals surface area contributed by atoms with Gasteiger partial charge in [0.25, 0.3) is 10.0 Å². The van der Waals surface area contributed by atoms with E-state index in [1.807, 2.05) is 19.9 Å². The molecule has 0 aliphatic carbocycles. The van der Waals surface area contributed by atoms with Crippen molar-refractivity contribution in [1.29, 1.82) is 0 Å². The lowest BCUT2D eigenvalue weighted by Crippen LogP contribution is -2.32. The van der Waals surface area contributed by atoms with E-state index in [1.54, 1.807) is 29.8 Å². The number of anilines is 1. The molecule has 0 spiro atoms. The average Bonchev–Trinajstić information content (AvgIpc) is 2.83. The molecular weight excluding hydrogens is 276 g/mol. The third-order valence-corrected chi connectivity index (χ3v) is 5.13. The summed E-state index contributed by atoms with van der Waals surface area (Å²) >= 11 is 0. The molecule has 6 nitrogen and oxygen atoms in total. The number of aromatic nitrogens is 2. The Morgan fingerprint density at radius 2 is 2.10 bits per heavy atom. The Morgan fingerprint density at radius 3 is 2.70 bits per heavy atom. The molecule has 2 aromatic heterocycles. The molecule has 0 atom stereocenters. The van der Waals surface area contributed by atoms with Crippen LogP contribution in [0.3, 0.4) is 0 Å². The molecule has 0 bridgehead atoms. The summed E-state index contributed by atoms with van der Waals surface area (Å²) in [5.41, 5.74) is 0.614. The minimum Gasteiger partial charge on any atom is -0.371 e. The van der Waals surface area contributed by atoms with Crippen LogP contribution in [0.15, 0.2) is 29.4 Å². The highest BCUT2D eigenvalue weighted by Crippen LogP contribution is 2.25. The summed E-state index contributed by atoms with van der Waals surface area (Å²) in [5.74, 6) is 0.380. The van der Waals surface area contributed by atoms with Crippen LogP contribution in [-0.4, -0.2) is 42.2 Å². The molecule has 0 aromatic carbocycles. The van der Waals surface area contributed by atoms with Crippen LogP contribution in [0, 0.1) is 0 Å². The van der Waals surface area contributed by atoms with E-state index in [4.69, 9.17) is 0 Å². The normalized spacial score (nSPS) is 12.2. The first-order valence-corrected chi connectivity index (χ1v) is 8.15. The molecule has 0 saturated heterocycles. The fourth-order valence-corrected chi connectivity index (χ4v) is 4.01. The van der Waals surface area contributed by atoms with Crippen molar-refractivity contribution in [2.75, 3.05) is 25.5 Å². The van der Waals surface area contributed by atoms with Crippen molar-refractivity contribution in [3.05, 3.63) is 24.4 Å². The molecule has 2 aromatic rings. The molecule has 0 unspecified atom stereocenters. The van der Waals surface area contributed by atoms with Gasteiger partial charge in [0.15, 0.2) is 10.8 Å². The first-order chi connectivity index (χ1) is 9.56. The highest BCUT2D eigenvalue weighted by atomic mass is 32.2. The Morgan fingerprint density at radius 1 is 1.35 bits per heavy atom. The molecule has 0 aliphatic rings. The van der Waals surface area contributed by atoms with E-state index in [0.29, 0.717) is 24.6 Å². The maximum atomic E-state index is 12.8. The van der Waals surface area contributed by atoms with Crippen molar-refractivity contribution in [1.82, 2.24) is 13.7 Å². The summed E-state index contributed by atoms with van der Waals surface area (Å²) < 4.78 is 28.8. The van der Waals surface area contributed by atoms with Gasteiger partial charge in [-0.1, -0.05) is 19.9 Å². The number of sulfonamides is 1. The summed E-state index contributed by atoms with van der Waals surface area (Å²) in [6.45, 7) is 4.75. The van der Waals surface area contributed by atoms with Crippen LogP contribution in [0.1, 0.15) is 20.3 Å². The molecule has 0 fully saturated rings. The highest BCUT2D eigenvalue weighted by molar-refractivity contribution is 7.89. The molecule has 7 heteroatoms. The van der Waals surface area contributed by atoms with Gasteiger partial charge in [0.1, 0.15) is 5.65 Å². The van der Waals surface area contributed by atoms with Crippen LogP contribution in [0.25, 0.3) is 5.65 Å². The van der Waals surface area contributed by atoms with Gasteiger partial charge in [-0.3, -0.25) is 4.40 Å². The zero-order valence-electron chi connectivity index (χ0n) is 12.0. The summed E-state index contributed by atoms with van der Waals surface area (Å²) in [6, 6.07) is 5.42. The number of pyridine rings is 1. The van der Waals surface area contributed by atoms with Gasteiger partial charge in [0.05, 0.1) is 0 Å². The topological polar surface area (TPSA) is 66.7 Å². The number of hydrogen-bond donors (Lipinski definition) is 1. The maximum absolute atomic E-state index is 12.8. The average molecular weight is 296 g/mol. The van der Waals surface area contributed by atoms with Crippen molar-refractivity contribution in [3.8, 4) is 0 Å². The fourth-order valence-electron chi connectivity index (χ4n) is 2.20. The van der Waals surface area contributed by atoms with Gasteiger partial charge in [-0.05, 0) is 18.6 Å². The summed E-state index contributed by atoms with van der Waals surface area (Å²) in [7, 11) is -1.89. The van der Waals surface area contributed by atoms with Gasteiger partial charge in [0.2, 0.25) is 0 Å². The fraction of sp³-hybridized carbons (Fsp3) is 0.462. The molecule has 2 rings (SSSR count). The molecule has 2 heterocycles. The van der Waals surface area contributed by atoms with Crippen molar-refractivity contribution in [2.45, 2.75) is 25.3 Å². The molecule has 20 heavy (non-hydrogen) atoms. The molecule has 0 aliphatic heterocycles. The Kier molecular flexibility index (Phi) is 4.29.